The molecule has 4 heteroatoms. The lowest BCUT2D eigenvalue weighted by Gasteiger charge is -2.27. The molecule has 0 bridgehead atoms. The van der Waals surface area contributed by atoms with E-state index in [-0.39, 0.29) is 12.1 Å². The summed E-state index contributed by atoms with van der Waals surface area (Å²) in [4.78, 5) is 12.2. The van der Waals surface area contributed by atoms with Gasteiger partial charge < -0.3 is 10.6 Å². The Labute approximate surface area is 120 Å². The fourth-order valence-corrected chi connectivity index (χ4v) is 3.57. The average Bonchev–Trinajstić information content (AvgIpc) is 2.91. The molecule has 2 N–H and O–H groups in total. The highest BCUT2D eigenvalue weighted by molar-refractivity contribution is 7.17. The lowest BCUT2D eigenvalue weighted by molar-refractivity contribution is 0.0936. The van der Waals surface area contributed by atoms with Crippen molar-refractivity contribution in [2.45, 2.75) is 6.17 Å². The van der Waals surface area contributed by atoms with Gasteiger partial charge in [-0.1, -0.05) is 30.3 Å². The van der Waals surface area contributed by atoms with Gasteiger partial charge in [-0.2, -0.15) is 0 Å². The summed E-state index contributed by atoms with van der Waals surface area (Å²) in [5.74, 6) is -0.0281. The maximum Gasteiger partial charge on any atom is 0.255 e. The number of hydrogen-bond acceptors (Lipinski definition) is 3. The van der Waals surface area contributed by atoms with E-state index in [0.29, 0.717) is 5.56 Å². The molecule has 0 fully saturated rings. The van der Waals surface area contributed by atoms with Crippen LogP contribution in [0.2, 0.25) is 0 Å². The molecule has 1 aromatic heterocycles. The summed E-state index contributed by atoms with van der Waals surface area (Å²) in [6.45, 7) is 0. The summed E-state index contributed by atoms with van der Waals surface area (Å²) in [6, 6.07) is 15.8. The Hall–Kier alpha value is -2.33. The van der Waals surface area contributed by atoms with E-state index in [1.807, 2.05) is 36.4 Å². The number of thiophene rings is 1. The highest BCUT2D eigenvalue weighted by atomic mass is 32.1. The molecular weight excluding hydrogens is 268 g/mol. The fourth-order valence-electron chi connectivity index (χ4n) is 2.58. The molecule has 0 radical (unpaired) electrons. The largest absolute Gasteiger partial charge is 0.361 e. The quantitative estimate of drug-likeness (QED) is 0.712. The van der Waals surface area contributed by atoms with Gasteiger partial charge in [-0.05, 0) is 29.0 Å². The summed E-state index contributed by atoms with van der Waals surface area (Å²) in [6.07, 6.45) is -0.173. The molecule has 20 heavy (non-hydrogen) atoms. The molecule has 0 spiro atoms. The number of fused-ring (bicyclic) bond motifs is 2. The van der Waals surface area contributed by atoms with E-state index >= 15 is 0 Å². The average molecular weight is 280 g/mol. The van der Waals surface area contributed by atoms with E-state index in [4.69, 9.17) is 0 Å². The van der Waals surface area contributed by atoms with Crippen molar-refractivity contribution in [3.8, 4) is 0 Å². The third-order valence-corrected chi connectivity index (χ3v) is 4.55. The Kier molecular flexibility index (Phi) is 2.50. The molecule has 3 aromatic rings. The lowest BCUT2D eigenvalue weighted by atomic mass is 10.1. The van der Waals surface area contributed by atoms with Crippen molar-refractivity contribution in [1.82, 2.24) is 5.32 Å². The van der Waals surface area contributed by atoms with E-state index in [1.54, 1.807) is 11.3 Å². The smallest absolute Gasteiger partial charge is 0.255 e. The van der Waals surface area contributed by atoms with Crippen LogP contribution in [-0.2, 0) is 0 Å². The molecular formula is C16H12N2OS. The number of benzene rings is 2. The van der Waals surface area contributed by atoms with Crippen LogP contribution in [0.3, 0.4) is 0 Å². The first-order chi connectivity index (χ1) is 9.83. The molecule has 2 aromatic carbocycles. The Balaban J connectivity index is 1.80. The van der Waals surface area contributed by atoms with Gasteiger partial charge in [0.2, 0.25) is 0 Å². The highest BCUT2D eigenvalue weighted by Gasteiger charge is 2.25. The van der Waals surface area contributed by atoms with Gasteiger partial charge in [0, 0.05) is 16.0 Å². The minimum atomic E-state index is -0.173. The number of carbonyl (C=O) groups excluding carboxylic acids is 1. The predicted octanol–water partition coefficient (Wildman–Crippen LogP) is 3.76. The van der Waals surface area contributed by atoms with Crippen molar-refractivity contribution < 1.29 is 4.79 Å². The van der Waals surface area contributed by atoms with Crippen LogP contribution in [0.15, 0.2) is 53.9 Å². The molecule has 3 nitrogen and oxygen atoms in total. The van der Waals surface area contributed by atoms with Crippen molar-refractivity contribution in [3.63, 3.8) is 0 Å². The van der Waals surface area contributed by atoms with Crippen molar-refractivity contribution in [2.75, 3.05) is 5.32 Å². The fraction of sp³-hybridized carbons (Fsp3) is 0.0625. The molecule has 4 rings (SSSR count). The number of para-hydroxylation sites is 1. The molecule has 1 aliphatic heterocycles. The normalized spacial score (nSPS) is 17.4. The van der Waals surface area contributed by atoms with Crippen LogP contribution in [-0.4, -0.2) is 5.91 Å². The topological polar surface area (TPSA) is 41.1 Å². The molecule has 1 amide bonds. The monoisotopic (exact) mass is 280 g/mol. The summed E-state index contributed by atoms with van der Waals surface area (Å²) >= 11 is 1.70. The summed E-state index contributed by atoms with van der Waals surface area (Å²) < 4.78 is 1.23. The molecule has 1 aliphatic rings. The van der Waals surface area contributed by atoms with Crippen LogP contribution in [0, 0.1) is 0 Å². The summed E-state index contributed by atoms with van der Waals surface area (Å²) in [5.41, 5.74) is 2.70. The first-order valence-corrected chi connectivity index (χ1v) is 7.33. The van der Waals surface area contributed by atoms with Crippen molar-refractivity contribution in [2.24, 2.45) is 0 Å². The zero-order valence-electron chi connectivity index (χ0n) is 10.6. The molecule has 2 heterocycles. The number of rotatable bonds is 1. The van der Waals surface area contributed by atoms with E-state index in [2.05, 4.69) is 28.1 Å². The van der Waals surface area contributed by atoms with Gasteiger partial charge in [0.05, 0.1) is 5.56 Å². The summed E-state index contributed by atoms with van der Waals surface area (Å²) in [7, 11) is 0. The van der Waals surface area contributed by atoms with Gasteiger partial charge in [-0.25, -0.2) is 0 Å². The standard InChI is InChI=1S/C16H12N2OS/c19-16-11-6-1-3-7-13(11)17-15(18-16)12-9-20-14-8-4-2-5-10(12)14/h1-9,15,17H,(H,18,19)/t15-/m1/s1. The highest BCUT2D eigenvalue weighted by Crippen LogP contribution is 2.33. The van der Waals surface area contributed by atoms with Crippen LogP contribution < -0.4 is 10.6 Å². The maximum atomic E-state index is 12.2. The number of hydrogen-bond donors (Lipinski definition) is 2. The zero-order valence-corrected chi connectivity index (χ0v) is 11.4. The minimum Gasteiger partial charge on any atom is -0.361 e. The van der Waals surface area contributed by atoms with Crippen LogP contribution >= 0.6 is 11.3 Å². The van der Waals surface area contributed by atoms with Gasteiger partial charge in [0.15, 0.2) is 0 Å². The SMILES string of the molecule is O=C1N[C@H](c2csc3ccccc23)Nc2ccccc21. The van der Waals surface area contributed by atoms with Gasteiger partial charge in [-0.15, -0.1) is 11.3 Å². The van der Waals surface area contributed by atoms with Gasteiger partial charge in [-0.3, -0.25) is 4.79 Å². The number of anilines is 1. The van der Waals surface area contributed by atoms with Crippen molar-refractivity contribution in [3.05, 3.63) is 65.0 Å². The van der Waals surface area contributed by atoms with Crippen molar-refractivity contribution in [1.29, 1.82) is 0 Å². The molecule has 98 valence electrons. The van der Waals surface area contributed by atoms with E-state index in [0.717, 1.165) is 11.3 Å². The Morgan fingerprint density at radius 2 is 1.75 bits per heavy atom. The van der Waals surface area contributed by atoms with E-state index in [1.165, 1.54) is 10.1 Å². The second-order valence-corrected chi connectivity index (χ2v) is 5.69. The molecule has 0 saturated heterocycles. The lowest BCUT2D eigenvalue weighted by Crippen LogP contribution is -2.38. The molecule has 0 saturated carbocycles. The van der Waals surface area contributed by atoms with Crippen LogP contribution in [0.25, 0.3) is 10.1 Å². The summed E-state index contributed by atoms with van der Waals surface area (Å²) in [5, 5.41) is 9.72. The second-order valence-electron chi connectivity index (χ2n) is 4.78. The minimum absolute atomic E-state index is 0.0281. The number of amides is 1. The predicted molar refractivity (Wildman–Crippen MR) is 82.1 cm³/mol. The Morgan fingerprint density at radius 1 is 0.950 bits per heavy atom. The van der Waals surface area contributed by atoms with Gasteiger partial charge in [0.25, 0.3) is 5.91 Å². The third kappa shape index (κ3) is 1.69. The maximum absolute atomic E-state index is 12.2. The van der Waals surface area contributed by atoms with Gasteiger partial charge >= 0.3 is 0 Å². The Morgan fingerprint density at radius 3 is 2.70 bits per heavy atom. The third-order valence-electron chi connectivity index (χ3n) is 3.57. The zero-order chi connectivity index (χ0) is 13.5. The van der Waals surface area contributed by atoms with Crippen LogP contribution in [0.1, 0.15) is 22.1 Å². The van der Waals surface area contributed by atoms with Crippen molar-refractivity contribution >= 4 is 33.0 Å². The Bertz CT molecular complexity index is 809. The number of nitrogens with one attached hydrogen (secondary N) is 2. The molecule has 1 atom stereocenters. The van der Waals surface area contributed by atoms with Crippen LogP contribution in [0.4, 0.5) is 5.69 Å². The molecule has 0 unspecified atom stereocenters. The van der Waals surface area contributed by atoms with Gasteiger partial charge in [0.1, 0.15) is 6.17 Å². The first kappa shape index (κ1) is 11.5. The van der Waals surface area contributed by atoms with Crippen LogP contribution in [0.5, 0.6) is 0 Å². The second kappa shape index (κ2) is 4.35. The van der Waals surface area contributed by atoms with E-state index in [9.17, 15) is 4.79 Å². The first-order valence-electron chi connectivity index (χ1n) is 6.45. The number of carbonyl (C=O) groups is 1. The van der Waals surface area contributed by atoms with E-state index < -0.39 is 0 Å². The molecule has 0 aliphatic carbocycles.